The molecular weight excluding hydrogens is 250 g/mol. The summed E-state index contributed by atoms with van der Waals surface area (Å²) >= 11 is 0. The minimum atomic E-state index is -0.611. The van der Waals surface area contributed by atoms with E-state index in [2.05, 4.69) is 5.32 Å². The molecule has 0 aliphatic heterocycles. The predicted molar refractivity (Wildman–Crippen MR) is 78.0 cm³/mol. The second-order valence-electron chi connectivity index (χ2n) is 6.37. The van der Waals surface area contributed by atoms with Gasteiger partial charge in [0.2, 0.25) is 5.91 Å². The molecule has 2 fully saturated rings. The fourth-order valence-electron chi connectivity index (χ4n) is 3.94. The standard InChI is InChI=1S/C17H23NO2/c19-16(13-4-2-1-3-5-13)11-18-17(20)10-15-9-12-6-7-14(15)8-12/h1-5,12,14-16,19H,6-11H2,(H,18,20)/t12-,14-,15+,16+/m0/s1. The van der Waals surface area contributed by atoms with Crippen molar-refractivity contribution in [2.24, 2.45) is 17.8 Å². The van der Waals surface area contributed by atoms with Crippen molar-refractivity contribution >= 4 is 5.91 Å². The van der Waals surface area contributed by atoms with E-state index < -0.39 is 6.10 Å². The zero-order valence-electron chi connectivity index (χ0n) is 11.8. The second-order valence-corrected chi connectivity index (χ2v) is 6.37. The number of hydrogen-bond acceptors (Lipinski definition) is 2. The van der Waals surface area contributed by atoms with Crippen LogP contribution in [0.1, 0.15) is 43.8 Å². The Bertz CT molecular complexity index is 459. The zero-order valence-corrected chi connectivity index (χ0v) is 11.8. The first-order chi connectivity index (χ1) is 9.72. The number of carbonyl (C=O) groups excluding carboxylic acids is 1. The van der Waals surface area contributed by atoms with Crippen LogP contribution in [0.15, 0.2) is 30.3 Å². The molecule has 0 unspecified atom stereocenters. The number of aliphatic hydroxyl groups excluding tert-OH is 1. The summed E-state index contributed by atoms with van der Waals surface area (Å²) in [6, 6.07) is 9.48. The molecule has 1 aromatic rings. The minimum Gasteiger partial charge on any atom is -0.387 e. The molecule has 2 saturated carbocycles. The molecule has 3 nitrogen and oxygen atoms in total. The van der Waals surface area contributed by atoms with Gasteiger partial charge in [-0.15, -0.1) is 0 Å². The lowest BCUT2D eigenvalue weighted by atomic mass is 9.86. The van der Waals surface area contributed by atoms with Gasteiger partial charge >= 0.3 is 0 Å². The molecule has 4 atom stereocenters. The number of aliphatic hydroxyl groups is 1. The minimum absolute atomic E-state index is 0.0949. The van der Waals surface area contributed by atoms with Crippen molar-refractivity contribution in [1.82, 2.24) is 5.32 Å². The molecule has 0 aromatic heterocycles. The van der Waals surface area contributed by atoms with Crippen LogP contribution in [0, 0.1) is 17.8 Å². The van der Waals surface area contributed by atoms with Crippen LogP contribution in [-0.2, 0) is 4.79 Å². The van der Waals surface area contributed by atoms with Crippen LogP contribution in [0.5, 0.6) is 0 Å². The van der Waals surface area contributed by atoms with Crippen LogP contribution < -0.4 is 5.32 Å². The molecule has 2 aliphatic carbocycles. The fourth-order valence-corrected chi connectivity index (χ4v) is 3.94. The Balaban J connectivity index is 1.43. The van der Waals surface area contributed by atoms with E-state index in [0.29, 0.717) is 18.9 Å². The number of carbonyl (C=O) groups is 1. The van der Waals surface area contributed by atoms with Gasteiger partial charge < -0.3 is 10.4 Å². The predicted octanol–water partition coefficient (Wildman–Crippen LogP) is 2.66. The molecule has 1 amide bonds. The van der Waals surface area contributed by atoms with Crippen molar-refractivity contribution in [3.63, 3.8) is 0 Å². The molecule has 1 aromatic carbocycles. The quantitative estimate of drug-likeness (QED) is 0.866. The summed E-state index contributed by atoms with van der Waals surface area (Å²) in [6.45, 7) is 0.309. The first-order valence-corrected chi connectivity index (χ1v) is 7.72. The van der Waals surface area contributed by atoms with Crippen molar-refractivity contribution in [3.05, 3.63) is 35.9 Å². The molecule has 2 bridgehead atoms. The van der Waals surface area contributed by atoms with Gasteiger partial charge in [0.05, 0.1) is 6.10 Å². The Kier molecular flexibility index (Phi) is 4.06. The Morgan fingerprint density at radius 1 is 1.25 bits per heavy atom. The molecule has 0 saturated heterocycles. The van der Waals surface area contributed by atoms with Crippen LogP contribution in [0.3, 0.4) is 0 Å². The molecule has 108 valence electrons. The topological polar surface area (TPSA) is 49.3 Å². The molecule has 2 aliphatic rings. The van der Waals surface area contributed by atoms with E-state index in [1.807, 2.05) is 30.3 Å². The first-order valence-electron chi connectivity index (χ1n) is 7.72. The van der Waals surface area contributed by atoms with Crippen molar-refractivity contribution in [2.75, 3.05) is 6.54 Å². The maximum Gasteiger partial charge on any atom is 0.220 e. The van der Waals surface area contributed by atoms with E-state index in [-0.39, 0.29) is 5.91 Å². The van der Waals surface area contributed by atoms with Crippen molar-refractivity contribution in [1.29, 1.82) is 0 Å². The summed E-state index contributed by atoms with van der Waals surface area (Å²) in [6.07, 6.45) is 5.29. The molecule has 0 spiro atoms. The summed E-state index contributed by atoms with van der Waals surface area (Å²) in [5, 5.41) is 12.9. The highest BCUT2D eigenvalue weighted by Crippen LogP contribution is 2.49. The lowest BCUT2D eigenvalue weighted by Crippen LogP contribution is -2.30. The largest absolute Gasteiger partial charge is 0.387 e. The van der Waals surface area contributed by atoms with Crippen LogP contribution >= 0.6 is 0 Å². The van der Waals surface area contributed by atoms with Crippen molar-refractivity contribution in [2.45, 2.75) is 38.2 Å². The van der Waals surface area contributed by atoms with E-state index in [1.165, 1.54) is 25.7 Å². The van der Waals surface area contributed by atoms with Gasteiger partial charge in [-0.3, -0.25) is 4.79 Å². The molecule has 0 radical (unpaired) electrons. The number of hydrogen-bond donors (Lipinski definition) is 2. The van der Waals surface area contributed by atoms with Gasteiger partial charge in [0.15, 0.2) is 0 Å². The van der Waals surface area contributed by atoms with Gasteiger partial charge in [0, 0.05) is 13.0 Å². The normalized spacial score (nSPS) is 29.4. The third kappa shape index (κ3) is 3.04. The molecule has 20 heavy (non-hydrogen) atoms. The average molecular weight is 273 g/mol. The first kappa shape index (κ1) is 13.6. The smallest absolute Gasteiger partial charge is 0.220 e. The van der Waals surface area contributed by atoms with Gasteiger partial charge in [-0.05, 0) is 42.6 Å². The van der Waals surface area contributed by atoms with E-state index in [9.17, 15) is 9.90 Å². The number of fused-ring (bicyclic) bond motifs is 2. The molecular formula is C17H23NO2. The lowest BCUT2D eigenvalue weighted by Gasteiger charge is -2.21. The zero-order chi connectivity index (χ0) is 13.9. The van der Waals surface area contributed by atoms with Crippen LogP contribution in [0.4, 0.5) is 0 Å². The summed E-state index contributed by atoms with van der Waals surface area (Å²) in [5.74, 6) is 2.35. The maximum absolute atomic E-state index is 12.0. The van der Waals surface area contributed by atoms with Crippen LogP contribution in [0.2, 0.25) is 0 Å². The maximum atomic E-state index is 12.0. The number of benzene rings is 1. The highest BCUT2D eigenvalue weighted by atomic mass is 16.3. The monoisotopic (exact) mass is 273 g/mol. The lowest BCUT2D eigenvalue weighted by molar-refractivity contribution is -0.122. The van der Waals surface area contributed by atoms with Crippen molar-refractivity contribution < 1.29 is 9.90 Å². The third-order valence-corrected chi connectivity index (χ3v) is 5.01. The van der Waals surface area contributed by atoms with E-state index in [4.69, 9.17) is 0 Å². The number of nitrogens with one attached hydrogen (secondary N) is 1. The Morgan fingerprint density at radius 2 is 2.05 bits per heavy atom. The summed E-state index contributed by atoms with van der Waals surface area (Å²) < 4.78 is 0. The van der Waals surface area contributed by atoms with Gasteiger partial charge in [0.25, 0.3) is 0 Å². The van der Waals surface area contributed by atoms with Crippen LogP contribution in [-0.4, -0.2) is 17.6 Å². The van der Waals surface area contributed by atoms with Gasteiger partial charge in [0.1, 0.15) is 0 Å². The number of rotatable bonds is 5. The molecule has 3 heteroatoms. The van der Waals surface area contributed by atoms with Gasteiger partial charge in [-0.25, -0.2) is 0 Å². The molecule has 0 heterocycles. The Morgan fingerprint density at radius 3 is 2.70 bits per heavy atom. The highest BCUT2D eigenvalue weighted by molar-refractivity contribution is 5.76. The van der Waals surface area contributed by atoms with Crippen molar-refractivity contribution in [3.8, 4) is 0 Å². The average Bonchev–Trinajstić information content (AvgIpc) is 3.08. The molecule has 2 N–H and O–H groups in total. The highest BCUT2D eigenvalue weighted by Gasteiger charge is 2.40. The second kappa shape index (κ2) is 5.96. The SMILES string of the molecule is O=C(C[C@H]1C[C@H]2CC[C@H]1C2)NC[C@@H](O)c1ccccc1. The fraction of sp³-hybridized carbons (Fsp3) is 0.588. The summed E-state index contributed by atoms with van der Waals surface area (Å²) in [4.78, 5) is 12.0. The number of amides is 1. The van der Waals surface area contributed by atoms with Gasteiger partial charge in [-0.1, -0.05) is 36.8 Å². The van der Waals surface area contributed by atoms with E-state index >= 15 is 0 Å². The summed E-state index contributed by atoms with van der Waals surface area (Å²) in [5.41, 5.74) is 0.854. The Hall–Kier alpha value is -1.35. The summed E-state index contributed by atoms with van der Waals surface area (Å²) in [7, 11) is 0. The van der Waals surface area contributed by atoms with Gasteiger partial charge in [-0.2, -0.15) is 0 Å². The third-order valence-electron chi connectivity index (χ3n) is 5.01. The van der Waals surface area contributed by atoms with E-state index in [1.54, 1.807) is 0 Å². The van der Waals surface area contributed by atoms with Crippen LogP contribution in [0.25, 0.3) is 0 Å². The molecule has 3 rings (SSSR count). The van der Waals surface area contributed by atoms with E-state index in [0.717, 1.165) is 17.4 Å². The Labute approximate surface area is 120 Å².